The molecule has 4 rings (SSSR count). The van der Waals surface area contributed by atoms with E-state index in [0.29, 0.717) is 68.0 Å². The molecule has 3 atom stereocenters. The number of nitrogens with zero attached hydrogens (tertiary/aromatic N) is 3. The van der Waals surface area contributed by atoms with E-state index in [1.807, 2.05) is 17.0 Å². The molecule has 1 aliphatic carbocycles. The molecule has 2 N–H and O–H groups in total. The second kappa shape index (κ2) is 9.90. The number of urea groups is 1. The number of aromatic amines is 1. The first kappa shape index (κ1) is 22.6. The monoisotopic (exact) mass is 441 g/mol. The molecule has 0 aromatic carbocycles. The quantitative estimate of drug-likeness (QED) is 0.670. The molecule has 2 aromatic rings. The number of ether oxygens (including phenoxy) is 2. The molecule has 1 saturated heterocycles. The molecule has 0 bridgehead atoms. The lowest BCUT2D eigenvalue weighted by Crippen LogP contribution is -2.48. The summed E-state index contributed by atoms with van der Waals surface area (Å²) in [6, 6.07) is 3.83. The molecular formula is C24H35N5O3. The van der Waals surface area contributed by atoms with Crippen molar-refractivity contribution in [2.75, 3.05) is 40.0 Å². The molecule has 2 aromatic heterocycles. The number of hydrogen-bond acceptors (Lipinski definition) is 5. The van der Waals surface area contributed by atoms with E-state index in [4.69, 9.17) is 14.5 Å². The van der Waals surface area contributed by atoms with E-state index >= 15 is 0 Å². The maximum absolute atomic E-state index is 12.5. The Balaban J connectivity index is 1.43. The van der Waals surface area contributed by atoms with Crippen LogP contribution in [0.5, 0.6) is 5.88 Å². The fourth-order valence-corrected chi connectivity index (χ4v) is 4.96. The van der Waals surface area contributed by atoms with Gasteiger partial charge in [-0.2, -0.15) is 4.98 Å². The van der Waals surface area contributed by atoms with Gasteiger partial charge in [0, 0.05) is 32.1 Å². The number of H-pyrrole nitrogens is 1. The summed E-state index contributed by atoms with van der Waals surface area (Å²) in [5.74, 6) is 3.35. The number of hydrogen-bond donors (Lipinski definition) is 2. The molecule has 0 saturated carbocycles. The molecule has 8 nitrogen and oxygen atoms in total. The number of methoxy groups -OCH3 is 1. The molecule has 1 fully saturated rings. The Kier molecular flexibility index (Phi) is 6.98. The average molecular weight is 442 g/mol. The summed E-state index contributed by atoms with van der Waals surface area (Å²) in [6.45, 7) is 10.0. The van der Waals surface area contributed by atoms with Crippen LogP contribution in [0.2, 0.25) is 0 Å². The summed E-state index contributed by atoms with van der Waals surface area (Å²) in [5.41, 5.74) is 3.00. The van der Waals surface area contributed by atoms with Crippen LogP contribution in [0.4, 0.5) is 4.79 Å². The first-order valence-electron chi connectivity index (χ1n) is 11.6. The van der Waals surface area contributed by atoms with E-state index in [9.17, 15) is 4.79 Å². The van der Waals surface area contributed by atoms with Gasteiger partial charge in [-0.1, -0.05) is 25.5 Å². The topological polar surface area (TPSA) is 92.4 Å². The largest absolute Gasteiger partial charge is 0.481 e. The van der Waals surface area contributed by atoms with Crippen LogP contribution in [0.25, 0.3) is 11.2 Å². The van der Waals surface area contributed by atoms with Gasteiger partial charge in [-0.15, -0.1) is 0 Å². The van der Waals surface area contributed by atoms with Crippen molar-refractivity contribution in [3.8, 4) is 5.88 Å². The van der Waals surface area contributed by atoms with Gasteiger partial charge in [-0.25, -0.2) is 9.78 Å². The van der Waals surface area contributed by atoms with Crippen molar-refractivity contribution in [1.29, 1.82) is 0 Å². The zero-order valence-corrected chi connectivity index (χ0v) is 19.6. The Hall–Kier alpha value is -2.61. The number of nitrogens with one attached hydrogen (secondary N) is 2. The molecule has 0 spiro atoms. The SMILES string of the molecule is COc1ccc2[nH]c(C[C@@H]3C[C@@H](C(C)C)[C@H](CNC(=O)N4CCOCC4)C=C3C)nc2n1. The van der Waals surface area contributed by atoms with Crippen molar-refractivity contribution in [3.63, 3.8) is 0 Å². The van der Waals surface area contributed by atoms with Crippen molar-refractivity contribution in [2.24, 2.45) is 23.7 Å². The average Bonchev–Trinajstić information content (AvgIpc) is 3.20. The minimum atomic E-state index is 0.0224. The van der Waals surface area contributed by atoms with E-state index in [1.54, 1.807) is 7.11 Å². The highest BCUT2D eigenvalue weighted by Gasteiger charge is 2.32. The number of rotatable bonds is 6. The third-order valence-electron chi connectivity index (χ3n) is 6.89. The highest BCUT2D eigenvalue weighted by molar-refractivity contribution is 5.74. The Morgan fingerprint density at radius 1 is 1.31 bits per heavy atom. The third kappa shape index (κ3) is 5.06. The molecule has 174 valence electrons. The molecule has 8 heteroatoms. The van der Waals surface area contributed by atoms with Gasteiger partial charge in [0.05, 0.1) is 25.8 Å². The summed E-state index contributed by atoms with van der Waals surface area (Å²) in [4.78, 5) is 26.9. The molecule has 0 radical (unpaired) electrons. The third-order valence-corrected chi connectivity index (χ3v) is 6.89. The van der Waals surface area contributed by atoms with Gasteiger partial charge in [0.15, 0.2) is 5.65 Å². The molecule has 0 unspecified atom stereocenters. The molecule has 2 amide bonds. The zero-order chi connectivity index (χ0) is 22.7. The van der Waals surface area contributed by atoms with Gasteiger partial charge < -0.3 is 24.7 Å². The Morgan fingerprint density at radius 2 is 2.09 bits per heavy atom. The lowest BCUT2D eigenvalue weighted by molar-refractivity contribution is 0.0527. The van der Waals surface area contributed by atoms with Crippen LogP contribution < -0.4 is 10.1 Å². The normalized spacial score (nSPS) is 24.0. The van der Waals surface area contributed by atoms with Gasteiger partial charge in [-0.3, -0.25) is 0 Å². The van der Waals surface area contributed by atoms with E-state index in [2.05, 4.69) is 42.1 Å². The lowest BCUT2D eigenvalue weighted by atomic mass is 9.70. The van der Waals surface area contributed by atoms with Crippen LogP contribution in [0.1, 0.15) is 33.0 Å². The smallest absolute Gasteiger partial charge is 0.317 e. The maximum atomic E-state index is 12.5. The van der Waals surface area contributed by atoms with Crippen LogP contribution in [-0.2, 0) is 11.2 Å². The minimum absolute atomic E-state index is 0.0224. The predicted octanol–water partition coefficient (Wildman–Crippen LogP) is 3.41. The van der Waals surface area contributed by atoms with Gasteiger partial charge in [-0.05, 0) is 43.1 Å². The number of pyridine rings is 1. The minimum Gasteiger partial charge on any atom is -0.481 e. The zero-order valence-electron chi connectivity index (χ0n) is 19.6. The first-order valence-corrected chi connectivity index (χ1v) is 11.6. The highest BCUT2D eigenvalue weighted by atomic mass is 16.5. The Labute approximate surface area is 189 Å². The standard InChI is InChI=1S/C24H35N5O3/c1-15(2)19-12-17(13-21-26-20-5-6-22(31-4)28-23(20)27-21)16(3)11-18(19)14-25-24(30)29-7-9-32-10-8-29/h5-6,11,15,17-19H,7-10,12-14H2,1-4H3,(H,25,30)(H,26,27,28)/t17-,18-,19-/m0/s1. The number of imidazole rings is 1. The van der Waals surface area contributed by atoms with E-state index in [1.165, 1.54) is 5.57 Å². The van der Waals surface area contributed by atoms with Crippen LogP contribution in [-0.4, -0.2) is 65.8 Å². The van der Waals surface area contributed by atoms with E-state index in [-0.39, 0.29) is 6.03 Å². The molecule has 32 heavy (non-hydrogen) atoms. The van der Waals surface area contributed by atoms with Gasteiger partial charge in [0.2, 0.25) is 5.88 Å². The number of amides is 2. The van der Waals surface area contributed by atoms with E-state index < -0.39 is 0 Å². The van der Waals surface area contributed by atoms with Gasteiger partial charge in [0.25, 0.3) is 0 Å². The summed E-state index contributed by atoms with van der Waals surface area (Å²) >= 11 is 0. The van der Waals surface area contributed by atoms with Crippen LogP contribution in [0.3, 0.4) is 0 Å². The van der Waals surface area contributed by atoms with Crippen molar-refractivity contribution in [2.45, 2.75) is 33.6 Å². The van der Waals surface area contributed by atoms with Crippen molar-refractivity contribution in [3.05, 3.63) is 29.6 Å². The summed E-state index contributed by atoms with van der Waals surface area (Å²) in [6.07, 6.45) is 4.32. The molecule has 3 heterocycles. The number of morpholine rings is 1. The summed E-state index contributed by atoms with van der Waals surface area (Å²) < 4.78 is 10.6. The van der Waals surface area contributed by atoms with Crippen molar-refractivity contribution >= 4 is 17.2 Å². The number of carbonyl (C=O) groups excluding carboxylic acids is 1. The number of allylic oxidation sites excluding steroid dienone is 1. The Bertz CT molecular complexity index is 964. The Morgan fingerprint density at radius 3 is 2.81 bits per heavy atom. The summed E-state index contributed by atoms with van der Waals surface area (Å²) in [5, 5.41) is 3.17. The van der Waals surface area contributed by atoms with Crippen LogP contribution in [0, 0.1) is 23.7 Å². The van der Waals surface area contributed by atoms with Crippen LogP contribution in [0.15, 0.2) is 23.8 Å². The second-order valence-corrected chi connectivity index (χ2v) is 9.31. The maximum Gasteiger partial charge on any atom is 0.317 e. The second-order valence-electron chi connectivity index (χ2n) is 9.31. The van der Waals surface area contributed by atoms with Crippen molar-refractivity contribution in [1.82, 2.24) is 25.2 Å². The molecule has 1 aliphatic heterocycles. The molecular weight excluding hydrogens is 406 g/mol. The fourth-order valence-electron chi connectivity index (χ4n) is 4.96. The number of carbonyl (C=O) groups is 1. The fraction of sp³-hybridized carbons (Fsp3) is 0.625. The lowest BCUT2D eigenvalue weighted by Gasteiger charge is -2.37. The summed E-state index contributed by atoms with van der Waals surface area (Å²) in [7, 11) is 1.61. The number of fused-ring (bicyclic) bond motifs is 1. The highest BCUT2D eigenvalue weighted by Crippen LogP contribution is 2.38. The van der Waals surface area contributed by atoms with Gasteiger partial charge in [0.1, 0.15) is 5.82 Å². The van der Waals surface area contributed by atoms with Gasteiger partial charge >= 0.3 is 6.03 Å². The molecule has 2 aliphatic rings. The number of aromatic nitrogens is 3. The van der Waals surface area contributed by atoms with E-state index in [0.717, 1.165) is 24.2 Å². The first-order chi connectivity index (χ1) is 15.4. The van der Waals surface area contributed by atoms with Crippen molar-refractivity contribution < 1.29 is 14.3 Å². The van der Waals surface area contributed by atoms with Crippen LogP contribution >= 0.6 is 0 Å². The predicted molar refractivity (Wildman–Crippen MR) is 124 cm³/mol.